The molecule has 0 spiro atoms. The minimum Gasteiger partial charge on any atom is -0.300 e. The van der Waals surface area contributed by atoms with Crippen LogP contribution in [-0.4, -0.2) is 29.3 Å². The van der Waals surface area contributed by atoms with Crippen LogP contribution in [0.2, 0.25) is 0 Å². The summed E-state index contributed by atoms with van der Waals surface area (Å²) in [7, 11) is 0. The fourth-order valence-corrected chi connectivity index (χ4v) is 3.87. The van der Waals surface area contributed by atoms with Crippen molar-refractivity contribution < 1.29 is 4.79 Å². The monoisotopic (exact) mass is 233 g/mol. The molecule has 0 saturated carbocycles. The van der Waals surface area contributed by atoms with Gasteiger partial charge in [-0.15, -0.1) is 0 Å². The van der Waals surface area contributed by atoms with Crippen molar-refractivity contribution in [3.05, 3.63) is 11.6 Å². The third-order valence-electron chi connectivity index (χ3n) is 4.77. The maximum Gasteiger partial charge on any atom is 0.136 e. The van der Waals surface area contributed by atoms with E-state index in [0.29, 0.717) is 17.9 Å². The van der Waals surface area contributed by atoms with E-state index >= 15 is 0 Å². The molecule has 3 rings (SSSR count). The molecule has 0 aromatic carbocycles. The maximum atomic E-state index is 11.6. The maximum absolute atomic E-state index is 11.6. The van der Waals surface area contributed by atoms with Crippen molar-refractivity contribution in [2.75, 3.05) is 6.54 Å². The van der Waals surface area contributed by atoms with Crippen molar-refractivity contribution in [1.29, 1.82) is 0 Å². The molecule has 2 heteroatoms. The number of piperidine rings is 2. The highest BCUT2D eigenvalue weighted by Crippen LogP contribution is 2.33. The van der Waals surface area contributed by atoms with Crippen LogP contribution in [0.15, 0.2) is 11.6 Å². The Labute approximate surface area is 104 Å². The summed E-state index contributed by atoms with van der Waals surface area (Å²) in [5, 5.41) is 0. The highest BCUT2D eigenvalue weighted by atomic mass is 16.1. The first-order chi connectivity index (χ1) is 8.33. The first-order valence-electron chi connectivity index (χ1n) is 7.28. The van der Waals surface area contributed by atoms with Gasteiger partial charge in [0, 0.05) is 31.5 Å². The molecule has 2 atom stereocenters. The predicted molar refractivity (Wildman–Crippen MR) is 68.9 cm³/mol. The Morgan fingerprint density at radius 3 is 2.59 bits per heavy atom. The van der Waals surface area contributed by atoms with Gasteiger partial charge in [0.05, 0.1) is 0 Å². The van der Waals surface area contributed by atoms with E-state index in [1.165, 1.54) is 51.5 Å². The van der Waals surface area contributed by atoms with Gasteiger partial charge in [0.15, 0.2) is 0 Å². The molecule has 2 heterocycles. The second-order valence-electron chi connectivity index (χ2n) is 5.93. The Kier molecular flexibility index (Phi) is 3.32. The molecule has 0 aromatic rings. The van der Waals surface area contributed by atoms with Crippen LogP contribution >= 0.6 is 0 Å². The SMILES string of the molecule is O=C1CC2CCCC(C1)N2CCC1=CCCC1. The summed E-state index contributed by atoms with van der Waals surface area (Å²) < 4.78 is 0. The van der Waals surface area contributed by atoms with Gasteiger partial charge in [0.1, 0.15) is 5.78 Å². The Bertz CT molecular complexity index is 318. The van der Waals surface area contributed by atoms with Crippen molar-refractivity contribution in [1.82, 2.24) is 4.90 Å². The molecule has 1 aliphatic carbocycles. The molecule has 94 valence electrons. The molecule has 0 radical (unpaired) electrons. The summed E-state index contributed by atoms with van der Waals surface area (Å²) >= 11 is 0. The lowest BCUT2D eigenvalue weighted by molar-refractivity contribution is -0.127. The molecule has 2 aliphatic heterocycles. The summed E-state index contributed by atoms with van der Waals surface area (Å²) in [6.45, 7) is 1.20. The van der Waals surface area contributed by atoms with E-state index in [1.54, 1.807) is 5.57 Å². The van der Waals surface area contributed by atoms with Gasteiger partial charge >= 0.3 is 0 Å². The summed E-state index contributed by atoms with van der Waals surface area (Å²) in [5.41, 5.74) is 1.67. The van der Waals surface area contributed by atoms with Gasteiger partial charge in [-0.05, 0) is 38.5 Å². The predicted octanol–water partition coefficient (Wildman–Crippen LogP) is 3.07. The fourth-order valence-electron chi connectivity index (χ4n) is 3.87. The van der Waals surface area contributed by atoms with Crippen LogP contribution in [0.5, 0.6) is 0 Å². The molecule has 0 aromatic heterocycles. The molecule has 2 unspecified atom stereocenters. The zero-order valence-electron chi connectivity index (χ0n) is 10.7. The first kappa shape index (κ1) is 11.5. The minimum atomic E-state index is 0.510. The van der Waals surface area contributed by atoms with E-state index in [9.17, 15) is 4.79 Å². The summed E-state index contributed by atoms with van der Waals surface area (Å²) in [6, 6.07) is 1.16. The lowest BCUT2D eigenvalue weighted by atomic mass is 9.83. The van der Waals surface area contributed by atoms with E-state index in [1.807, 2.05) is 0 Å². The zero-order valence-corrected chi connectivity index (χ0v) is 10.7. The second-order valence-corrected chi connectivity index (χ2v) is 5.93. The molecule has 2 nitrogen and oxygen atoms in total. The standard InChI is InChI=1S/C15H23NO/c17-15-10-13-6-3-7-14(11-15)16(13)9-8-12-4-1-2-5-12/h4,13-14H,1-3,5-11H2. The number of rotatable bonds is 3. The molecular weight excluding hydrogens is 210 g/mol. The van der Waals surface area contributed by atoms with Crippen LogP contribution < -0.4 is 0 Å². The second kappa shape index (κ2) is 4.93. The topological polar surface area (TPSA) is 20.3 Å². The number of allylic oxidation sites excluding steroid dienone is 1. The van der Waals surface area contributed by atoms with Crippen molar-refractivity contribution in [2.45, 2.75) is 69.9 Å². The zero-order chi connectivity index (χ0) is 11.7. The van der Waals surface area contributed by atoms with E-state index in [2.05, 4.69) is 11.0 Å². The fraction of sp³-hybridized carbons (Fsp3) is 0.800. The Morgan fingerprint density at radius 1 is 1.18 bits per heavy atom. The van der Waals surface area contributed by atoms with E-state index in [4.69, 9.17) is 0 Å². The van der Waals surface area contributed by atoms with Gasteiger partial charge in [0.2, 0.25) is 0 Å². The first-order valence-corrected chi connectivity index (χ1v) is 7.28. The van der Waals surface area contributed by atoms with Gasteiger partial charge < -0.3 is 0 Å². The lowest BCUT2D eigenvalue weighted by Gasteiger charge is -2.45. The van der Waals surface area contributed by atoms with Gasteiger partial charge in [0.25, 0.3) is 0 Å². The molecule has 2 fully saturated rings. The van der Waals surface area contributed by atoms with Crippen LogP contribution in [0.3, 0.4) is 0 Å². The Balaban J connectivity index is 1.60. The number of carbonyl (C=O) groups excluding carboxylic acids is 1. The van der Waals surface area contributed by atoms with E-state index in [0.717, 1.165) is 12.8 Å². The van der Waals surface area contributed by atoms with Crippen LogP contribution in [0.25, 0.3) is 0 Å². The largest absolute Gasteiger partial charge is 0.300 e. The van der Waals surface area contributed by atoms with Crippen LogP contribution in [0.1, 0.15) is 57.8 Å². The van der Waals surface area contributed by atoms with Gasteiger partial charge in [-0.25, -0.2) is 0 Å². The Hall–Kier alpha value is -0.630. The Morgan fingerprint density at radius 2 is 1.94 bits per heavy atom. The highest BCUT2D eigenvalue weighted by Gasteiger charge is 2.36. The number of hydrogen-bond donors (Lipinski definition) is 0. The quantitative estimate of drug-likeness (QED) is 0.698. The molecule has 2 bridgehead atoms. The van der Waals surface area contributed by atoms with Gasteiger partial charge in [-0.1, -0.05) is 18.1 Å². The average molecular weight is 233 g/mol. The smallest absolute Gasteiger partial charge is 0.136 e. The van der Waals surface area contributed by atoms with Crippen molar-refractivity contribution in [3.8, 4) is 0 Å². The average Bonchev–Trinajstić information content (AvgIpc) is 2.79. The molecule has 0 amide bonds. The van der Waals surface area contributed by atoms with Crippen molar-refractivity contribution >= 4 is 5.78 Å². The number of carbonyl (C=O) groups is 1. The number of hydrogen-bond acceptors (Lipinski definition) is 2. The molecule has 3 aliphatic rings. The van der Waals surface area contributed by atoms with Gasteiger partial charge in [-0.2, -0.15) is 0 Å². The number of fused-ring (bicyclic) bond motifs is 2. The summed E-state index contributed by atoms with van der Waals surface area (Å²) in [4.78, 5) is 14.3. The van der Waals surface area contributed by atoms with E-state index < -0.39 is 0 Å². The molecule has 17 heavy (non-hydrogen) atoms. The molecule has 0 N–H and O–H groups in total. The normalized spacial score (nSPS) is 33.9. The van der Waals surface area contributed by atoms with Crippen LogP contribution in [0, 0.1) is 0 Å². The van der Waals surface area contributed by atoms with Crippen molar-refractivity contribution in [2.24, 2.45) is 0 Å². The third kappa shape index (κ3) is 2.47. The van der Waals surface area contributed by atoms with Crippen LogP contribution in [-0.2, 0) is 4.79 Å². The third-order valence-corrected chi connectivity index (χ3v) is 4.77. The number of Topliss-reactive ketones (excluding diaryl/α,β-unsaturated/α-hetero) is 1. The molecule has 2 saturated heterocycles. The van der Waals surface area contributed by atoms with E-state index in [-0.39, 0.29) is 0 Å². The lowest BCUT2D eigenvalue weighted by Crippen LogP contribution is -2.52. The highest BCUT2D eigenvalue weighted by molar-refractivity contribution is 5.80. The molecular formula is C15H23NO. The number of nitrogens with zero attached hydrogens (tertiary/aromatic N) is 1. The summed E-state index contributed by atoms with van der Waals surface area (Å²) in [5.74, 6) is 0.510. The minimum absolute atomic E-state index is 0.510. The van der Waals surface area contributed by atoms with Crippen molar-refractivity contribution in [3.63, 3.8) is 0 Å². The number of ketones is 1. The summed E-state index contributed by atoms with van der Waals surface area (Å²) in [6.07, 6.45) is 13.2. The van der Waals surface area contributed by atoms with Crippen LogP contribution in [0.4, 0.5) is 0 Å². The van der Waals surface area contributed by atoms with Gasteiger partial charge in [-0.3, -0.25) is 9.69 Å².